The molecule has 0 amide bonds. The zero-order valence-electron chi connectivity index (χ0n) is 53.7. The van der Waals surface area contributed by atoms with Crippen LogP contribution in [0.15, 0.2) is 24.3 Å². The molecule has 7 atom stereocenters. The number of hydrogen-bond donors (Lipinski definition) is 3. The van der Waals surface area contributed by atoms with E-state index in [1.165, 1.54) is 96.3 Å². The van der Waals surface area contributed by atoms with Crippen molar-refractivity contribution in [3.8, 4) is 0 Å². The molecular formula is C65H122O17P2. The van der Waals surface area contributed by atoms with E-state index in [9.17, 15) is 43.2 Å². The van der Waals surface area contributed by atoms with Gasteiger partial charge in [0.2, 0.25) is 0 Å². The molecule has 0 saturated heterocycles. The van der Waals surface area contributed by atoms with E-state index in [-0.39, 0.29) is 25.7 Å². The van der Waals surface area contributed by atoms with Crippen LogP contribution in [0.5, 0.6) is 0 Å². The number of rotatable bonds is 62. The molecule has 0 spiro atoms. The molecule has 0 aliphatic heterocycles. The van der Waals surface area contributed by atoms with Gasteiger partial charge < -0.3 is 33.8 Å². The van der Waals surface area contributed by atoms with Crippen molar-refractivity contribution in [3.05, 3.63) is 24.3 Å². The maximum atomic E-state index is 13.0. The minimum atomic E-state index is -4.95. The van der Waals surface area contributed by atoms with Gasteiger partial charge in [-0.05, 0) is 63.2 Å². The fourth-order valence-electron chi connectivity index (χ4n) is 9.10. The van der Waals surface area contributed by atoms with Gasteiger partial charge in [0.05, 0.1) is 26.4 Å². The molecule has 17 nitrogen and oxygen atoms in total. The summed E-state index contributed by atoms with van der Waals surface area (Å²) >= 11 is 0. The molecule has 0 saturated carbocycles. The van der Waals surface area contributed by atoms with E-state index in [0.29, 0.717) is 25.7 Å². The van der Waals surface area contributed by atoms with Crippen molar-refractivity contribution in [1.29, 1.82) is 0 Å². The number of carbonyl (C=O) groups excluding carboxylic acids is 4. The highest BCUT2D eigenvalue weighted by Crippen LogP contribution is 2.45. The lowest BCUT2D eigenvalue weighted by molar-refractivity contribution is -0.161. The second-order valence-electron chi connectivity index (χ2n) is 23.3. The summed E-state index contributed by atoms with van der Waals surface area (Å²) in [7, 11) is -9.90. The maximum Gasteiger partial charge on any atom is 0.472 e. The third-order valence-corrected chi connectivity index (χ3v) is 17.0. The first kappa shape index (κ1) is 81.5. The van der Waals surface area contributed by atoms with Crippen LogP contribution < -0.4 is 0 Å². The quantitative estimate of drug-likeness (QED) is 0.0169. The van der Waals surface area contributed by atoms with E-state index in [0.717, 1.165) is 121 Å². The predicted molar refractivity (Wildman–Crippen MR) is 335 cm³/mol. The van der Waals surface area contributed by atoms with E-state index < -0.39 is 97.5 Å². The number of phosphoric acid groups is 2. The summed E-state index contributed by atoms with van der Waals surface area (Å²) in [6, 6.07) is 0. The molecule has 0 aliphatic rings. The molecule has 84 heavy (non-hydrogen) atoms. The lowest BCUT2D eigenvalue weighted by Crippen LogP contribution is -2.30. The fraction of sp³-hybridized carbons (Fsp3) is 0.877. The van der Waals surface area contributed by atoms with Gasteiger partial charge in [-0.25, -0.2) is 9.13 Å². The molecular weight excluding hydrogens is 1110 g/mol. The van der Waals surface area contributed by atoms with Crippen molar-refractivity contribution in [2.75, 3.05) is 39.6 Å². The van der Waals surface area contributed by atoms with Crippen molar-refractivity contribution in [3.63, 3.8) is 0 Å². The summed E-state index contributed by atoms with van der Waals surface area (Å²) in [5.74, 6) is -0.632. The van der Waals surface area contributed by atoms with Crippen LogP contribution in [0.3, 0.4) is 0 Å². The molecule has 0 radical (unpaired) electrons. The molecule has 0 aromatic rings. The number of aliphatic hydroxyl groups excluding tert-OH is 1. The molecule has 0 aliphatic carbocycles. The smallest absolute Gasteiger partial charge is 0.462 e. The Morgan fingerprint density at radius 2 is 0.667 bits per heavy atom. The zero-order valence-corrected chi connectivity index (χ0v) is 55.5. The van der Waals surface area contributed by atoms with E-state index in [1.54, 1.807) is 0 Å². The van der Waals surface area contributed by atoms with E-state index in [4.69, 9.17) is 37.0 Å². The summed E-state index contributed by atoms with van der Waals surface area (Å²) in [5, 5.41) is 10.5. The van der Waals surface area contributed by atoms with Crippen LogP contribution in [-0.2, 0) is 65.4 Å². The van der Waals surface area contributed by atoms with Gasteiger partial charge >= 0.3 is 39.5 Å². The molecule has 3 N–H and O–H groups in total. The summed E-state index contributed by atoms with van der Waals surface area (Å²) in [5.41, 5.74) is 0. The topological polar surface area (TPSA) is 237 Å². The molecule has 19 heteroatoms. The number of carbonyl (C=O) groups is 4. The number of esters is 4. The SMILES string of the molecule is CCCCCC/C=C\C=C/CCCCCCCC(=O)O[C@H](COC(=O)CCCCCCCCCCC(C)CC)COP(=O)(O)OC[C@@H](O)COP(=O)(O)OC[C@@H](COC(=O)CCCCCCC)OC(=O)CCCCCCCCCCC(C)CC. The molecule has 0 fully saturated rings. The van der Waals surface area contributed by atoms with Crippen LogP contribution in [-0.4, -0.2) is 96.7 Å². The highest BCUT2D eigenvalue weighted by Gasteiger charge is 2.30. The first-order valence-electron chi connectivity index (χ1n) is 33.4. The van der Waals surface area contributed by atoms with E-state index in [1.807, 2.05) is 0 Å². The molecule has 0 rings (SSSR count). The standard InChI is InChI=1S/C65H122O17P2/c1-7-11-13-15-16-17-18-19-20-21-22-23-31-37-43-49-64(69)82-61(54-76-63(68)48-42-36-30-26-24-28-34-39-45-57(5)9-3)56-80-84(73,74)78-52-59(66)51-77-83(71,72)79-55-60(53-75-62(67)47-41-33-14-12-8-2)81-65(70)50-44-38-32-27-25-29-35-40-46-58(6)10-4/h17-20,57-61,66H,7-16,21-56H2,1-6H3,(H,71,72)(H,73,74)/b18-17-,20-19-/t57?,58?,59-,60+,61+/m0/s1. The Balaban J connectivity index is 5.23. The average Bonchev–Trinajstić information content (AvgIpc) is 3.59. The molecule has 0 aromatic heterocycles. The van der Waals surface area contributed by atoms with Crippen molar-refractivity contribution < 1.29 is 80.2 Å². The molecule has 494 valence electrons. The van der Waals surface area contributed by atoms with Crippen LogP contribution >= 0.6 is 15.6 Å². The highest BCUT2D eigenvalue weighted by molar-refractivity contribution is 7.47. The van der Waals surface area contributed by atoms with Gasteiger partial charge in [0.15, 0.2) is 12.2 Å². The second kappa shape index (κ2) is 57.0. The van der Waals surface area contributed by atoms with Gasteiger partial charge in [0.25, 0.3) is 0 Å². The van der Waals surface area contributed by atoms with Crippen LogP contribution in [0.2, 0.25) is 0 Å². The fourth-order valence-corrected chi connectivity index (χ4v) is 10.7. The lowest BCUT2D eigenvalue weighted by Gasteiger charge is -2.21. The summed E-state index contributed by atoms with van der Waals surface area (Å²) < 4.78 is 67.8. The summed E-state index contributed by atoms with van der Waals surface area (Å²) in [6.45, 7) is 9.34. The van der Waals surface area contributed by atoms with Crippen LogP contribution in [0.25, 0.3) is 0 Å². The third kappa shape index (κ3) is 56.1. The van der Waals surface area contributed by atoms with Crippen molar-refractivity contribution >= 4 is 39.5 Å². The monoisotopic (exact) mass is 1240 g/mol. The second-order valence-corrected chi connectivity index (χ2v) is 26.2. The minimum Gasteiger partial charge on any atom is -0.462 e. The first-order valence-corrected chi connectivity index (χ1v) is 36.4. The van der Waals surface area contributed by atoms with Gasteiger partial charge in [-0.3, -0.25) is 37.3 Å². The van der Waals surface area contributed by atoms with Gasteiger partial charge in [0, 0.05) is 25.7 Å². The normalized spacial score (nSPS) is 15.1. The van der Waals surface area contributed by atoms with Crippen LogP contribution in [0.4, 0.5) is 0 Å². The van der Waals surface area contributed by atoms with Gasteiger partial charge in [-0.15, -0.1) is 0 Å². The molecule has 0 bridgehead atoms. The largest absolute Gasteiger partial charge is 0.472 e. The molecule has 0 aromatic carbocycles. The van der Waals surface area contributed by atoms with E-state index in [2.05, 4.69) is 65.8 Å². The van der Waals surface area contributed by atoms with Crippen molar-refractivity contribution in [2.24, 2.45) is 11.8 Å². The van der Waals surface area contributed by atoms with Crippen LogP contribution in [0.1, 0.15) is 298 Å². The first-order chi connectivity index (χ1) is 40.4. The minimum absolute atomic E-state index is 0.0841. The summed E-state index contributed by atoms with van der Waals surface area (Å²) in [6.07, 6.45) is 42.8. The number of unbranched alkanes of at least 4 members (excludes halogenated alkanes) is 27. The Morgan fingerprint density at radius 1 is 0.381 bits per heavy atom. The summed E-state index contributed by atoms with van der Waals surface area (Å²) in [4.78, 5) is 72.0. The number of phosphoric ester groups is 2. The Morgan fingerprint density at radius 3 is 1.01 bits per heavy atom. The Hall–Kier alpha value is -2.46. The lowest BCUT2D eigenvalue weighted by atomic mass is 9.99. The third-order valence-electron chi connectivity index (χ3n) is 15.1. The number of ether oxygens (including phenoxy) is 4. The average molecular weight is 1240 g/mol. The highest BCUT2D eigenvalue weighted by atomic mass is 31.2. The van der Waals surface area contributed by atoms with Crippen molar-refractivity contribution in [2.45, 2.75) is 317 Å². The number of allylic oxidation sites excluding steroid dienone is 4. The number of aliphatic hydroxyl groups is 1. The Labute approximate surface area is 510 Å². The Kier molecular flexibility index (Phi) is 55.3. The van der Waals surface area contributed by atoms with Gasteiger partial charge in [-0.1, -0.05) is 246 Å². The Bertz CT molecular complexity index is 1750. The molecule has 0 heterocycles. The zero-order chi connectivity index (χ0) is 62.2. The molecule has 4 unspecified atom stereocenters. The maximum absolute atomic E-state index is 13.0. The van der Waals surface area contributed by atoms with E-state index >= 15 is 0 Å². The number of hydrogen-bond acceptors (Lipinski definition) is 15. The van der Waals surface area contributed by atoms with Gasteiger partial charge in [0.1, 0.15) is 19.3 Å². The van der Waals surface area contributed by atoms with Crippen LogP contribution in [0, 0.1) is 11.8 Å². The van der Waals surface area contributed by atoms with Gasteiger partial charge in [-0.2, -0.15) is 0 Å². The van der Waals surface area contributed by atoms with Crippen molar-refractivity contribution in [1.82, 2.24) is 0 Å². The predicted octanol–water partition coefficient (Wildman–Crippen LogP) is 17.6.